The van der Waals surface area contributed by atoms with E-state index in [9.17, 15) is 9.18 Å². The molecule has 0 N–H and O–H groups in total. The highest BCUT2D eigenvalue weighted by Gasteiger charge is 2.20. The molecule has 0 saturated heterocycles. The predicted octanol–water partition coefficient (Wildman–Crippen LogP) is 3.07. The monoisotopic (exact) mass is 228 g/mol. The molecule has 3 rings (SSSR count). The average molecular weight is 228 g/mol. The lowest BCUT2D eigenvalue weighted by Crippen LogP contribution is -2.09. The maximum atomic E-state index is 13.2. The number of ketones is 1. The predicted molar refractivity (Wildman–Crippen MR) is 61.7 cm³/mol. The van der Waals surface area contributed by atoms with Crippen molar-refractivity contribution in [2.24, 2.45) is 0 Å². The van der Waals surface area contributed by atoms with Crippen LogP contribution in [0.4, 0.5) is 4.39 Å². The largest absolute Gasteiger partial charge is 0.485 e. The van der Waals surface area contributed by atoms with E-state index in [1.54, 1.807) is 12.1 Å². The van der Waals surface area contributed by atoms with E-state index >= 15 is 0 Å². The number of hydrogen-bond donors (Lipinski definition) is 0. The van der Waals surface area contributed by atoms with Gasteiger partial charge in [-0.1, -0.05) is 24.3 Å². The standard InChI is InChI=1S/C14H9FO2/c15-9-5-6-10-11-3-1-2-4-14(11)17-8-13(16)12(10)7-9/h1-7H,8H2. The van der Waals surface area contributed by atoms with Crippen LogP contribution in [-0.4, -0.2) is 12.4 Å². The van der Waals surface area contributed by atoms with E-state index in [4.69, 9.17) is 4.74 Å². The van der Waals surface area contributed by atoms with Crippen LogP contribution in [0.1, 0.15) is 10.4 Å². The van der Waals surface area contributed by atoms with Crippen molar-refractivity contribution < 1.29 is 13.9 Å². The first-order valence-electron chi connectivity index (χ1n) is 5.30. The van der Waals surface area contributed by atoms with Gasteiger partial charge in [0.1, 0.15) is 11.6 Å². The molecule has 0 unspecified atom stereocenters. The van der Waals surface area contributed by atoms with Gasteiger partial charge in [-0.3, -0.25) is 4.79 Å². The molecule has 1 aliphatic heterocycles. The van der Waals surface area contributed by atoms with Crippen molar-refractivity contribution in [2.45, 2.75) is 0 Å². The lowest BCUT2D eigenvalue weighted by Gasteiger charge is -2.06. The summed E-state index contributed by atoms with van der Waals surface area (Å²) in [6, 6.07) is 11.6. The summed E-state index contributed by atoms with van der Waals surface area (Å²) in [5.74, 6) is 0.0541. The number of halogens is 1. The number of para-hydroxylation sites is 1. The molecule has 0 saturated carbocycles. The first kappa shape index (κ1) is 10.0. The number of rotatable bonds is 0. The van der Waals surface area contributed by atoms with Gasteiger partial charge < -0.3 is 4.74 Å². The summed E-state index contributed by atoms with van der Waals surface area (Å²) in [7, 11) is 0. The van der Waals surface area contributed by atoms with Crippen LogP contribution < -0.4 is 4.74 Å². The topological polar surface area (TPSA) is 26.3 Å². The van der Waals surface area contributed by atoms with Gasteiger partial charge in [0.2, 0.25) is 5.78 Å². The number of carbonyl (C=O) groups is 1. The quantitative estimate of drug-likeness (QED) is 0.692. The Morgan fingerprint density at radius 1 is 1.00 bits per heavy atom. The molecule has 0 spiro atoms. The van der Waals surface area contributed by atoms with Crippen LogP contribution in [0.5, 0.6) is 5.75 Å². The minimum atomic E-state index is -0.406. The van der Waals surface area contributed by atoms with Crippen molar-refractivity contribution in [3.05, 3.63) is 53.8 Å². The molecule has 0 bridgehead atoms. The van der Waals surface area contributed by atoms with Gasteiger partial charge >= 0.3 is 0 Å². The van der Waals surface area contributed by atoms with E-state index < -0.39 is 5.82 Å². The molecule has 0 radical (unpaired) electrons. The van der Waals surface area contributed by atoms with Crippen LogP contribution in [0.25, 0.3) is 11.1 Å². The number of fused-ring (bicyclic) bond motifs is 3. The fourth-order valence-corrected chi connectivity index (χ4v) is 2.02. The van der Waals surface area contributed by atoms with Gasteiger partial charge in [0.05, 0.1) is 0 Å². The first-order valence-corrected chi connectivity index (χ1v) is 5.30. The van der Waals surface area contributed by atoms with Crippen molar-refractivity contribution in [3.8, 4) is 16.9 Å². The fraction of sp³-hybridized carbons (Fsp3) is 0.0714. The SMILES string of the molecule is O=C1COc2ccccc2-c2ccc(F)cc21. The second-order valence-electron chi connectivity index (χ2n) is 3.90. The number of benzene rings is 2. The van der Waals surface area contributed by atoms with Gasteiger partial charge in [-0.05, 0) is 23.8 Å². The molecule has 1 aliphatic rings. The van der Waals surface area contributed by atoms with Gasteiger partial charge in [0.25, 0.3) is 0 Å². The molecule has 3 heteroatoms. The van der Waals surface area contributed by atoms with E-state index in [0.717, 1.165) is 11.1 Å². The second kappa shape index (κ2) is 3.70. The molecule has 17 heavy (non-hydrogen) atoms. The van der Waals surface area contributed by atoms with E-state index in [0.29, 0.717) is 11.3 Å². The van der Waals surface area contributed by atoms with Crippen molar-refractivity contribution in [3.63, 3.8) is 0 Å². The Labute approximate surface area is 97.7 Å². The molecular formula is C14H9FO2. The van der Waals surface area contributed by atoms with E-state index in [1.165, 1.54) is 12.1 Å². The summed E-state index contributed by atoms with van der Waals surface area (Å²) in [5.41, 5.74) is 1.94. The van der Waals surface area contributed by atoms with Crippen LogP contribution in [0, 0.1) is 5.82 Å². The Morgan fingerprint density at radius 3 is 2.71 bits per heavy atom. The maximum Gasteiger partial charge on any atom is 0.200 e. The Kier molecular flexibility index (Phi) is 2.18. The zero-order valence-corrected chi connectivity index (χ0v) is 8.94. The van der Waals surface area contributed by atoms with E-state index in [1.807, 2.05) is 18.2 Å². The van der Waals surface area contributed by atoms with Crippen molar-refractivity contribution in [1.29, 1.82) is 0 Å². The smallest absolute Gasteiger partial charge is 0.200 e. The third-order valence-corrected chi connectivity index (χ3v) is 2.82. The Morgan fingerprint density at radius 2 is 1.82 bits per heavy atom. The zero-order valence-electron chi connectivity index (χ0n) is 8.94. The molecule has 0 aliphatic carbocycles. The molecule has 84 valence electrons. The van der Waals surface area contributed by atoms with Crippen molar-refractivity contribution in [1.82, 2.24) is 0 Å². The molecule has 0 amide bonds. The normalized spacial score (nSPS) is 13.4. The first-order chi connectivity index (χ1) is 8.25. The van der Waals surface area contributed by atoms with Crippen LogP contribution in [0.2, 0.25) is 0 Å². The highest BCUT2D eigenvalue weighted by atomic mass is 19.1. The molecule has 0 fully saturated rings. The van der Waals surface area contributed by atoms with Crippen LogP contribution in [0.15, 0.2) is 42.5 Å². The Hall–Kier alpha value is -2.16. The lowest BCUT2D eigenvalue weighted by molar-refractivity contribution is 0.0925. The highest BCUT2D eigenvalue weighted by molar-refractivity contribution is 6.04. The summed E-state index contributed by atoms with van der Waals surface area (Å²) >= 11 is 0. The Bertz CT molecular complexity index is 605. The molecule has 2 aromatic carbocycles. The van der Waals surface area contributed by atoms with Gasteiger partial charge in [0, 0.05) is 11.1 Å². The minimum Gasteiger partial charge on any atom is -0.485 e. The Balaban J connectivity index is 2.31. The summed E-state index contributed by atoms with van der Waals surface area (Å²) in [6.45, 7) is -0.0481. The minimum absolute atomic E-state index is 0.0481. The van der Waals surface area contributed by atoms with Gasteiger partial charge in [-0.2, -0.15) is 0 Å². The van der Waals surface area contributed by atoms with Gasteiger partial charge in [0.15, 0.2) is 6.61 Å². The zero-order chi connectivity index (χ0) is 11.8. The number of hydrogen-bond acceptors (Lipinski definition) is 2. The maximum absolute atomic E-state index is 13.2. The third-order valence-electron chi connectivity index (χ3n) is 2.82. The lowest BCUT2D eigenvalue weighted by atomic mass is 9.97. The summed E-state index contributed by atoms with van der Waals surface area (Å²) in [5, 5.41) is 0. The number of carbonyl (C=O) groups excluding carboxylic acids is 1. The van der Waals surface area contributed by atoms with Crippen LogP contribution in [-0.2, 0) is 0 Å². The van der Waals surface area contributed by atoms with E-state index in [-0.39, 0.29) is 12.4 Å². The molecule has 0 atom stereocenters. The summed E-state index contributed by atoms with van der Waals surface area (Å²) < 4.78 is 18.6. The molecule has 0 aromatic heterocycles. The average Bonchev–Trinajstić information content (AvgIpc) is 2.48. The highest BCUT2D eigenvalue weighted by Crippen LogP contribution is 2.35. The summed E-state index contributed by atoms with van der Waals surface area (Å²) in [4.78, 5) is 11.8. The molecular weight excluding hydrogens is 219 g/mol. The van der Waals surface area contributed by atoms with Gasteiger partial charge in [-0.25, -0.2) is 4.39 Å². The fourth-order valence-electron chi connectivity index (χ4n) is 2.02. The summed E-state index contributed by atoms with van der Waals surface area (Å²) in [6.07, 6.45) is 0. The van der Waals surface area contributed by atoms with E-state index in [2.05, 4.69) is 0 Å². The second-order valence-corrected chi connectivity index (χ2v) is 3.90. The third kappa shape index (κ3) is 1.60. The van der Waals surface area contributed by atoms with Crippen LogP contribution >= 0.6 is 0 Å². The van der Waals surface area contributed by atoms with Gasteiger partial charge in [-0.15, -0.1) is 0 Å². The van der Waals surface area contributed by atoms with Crippen molar-refractivity contribution >= 4 is 5.78 Å². The number of ether oxygens (including phenoxy) is 1. The number of Topliss-reactive ketones (excluding diaryl/α,β-unsaturated/α-hetero) is 1. The molecule has 2 aromatic rings. The van der Waals surface area contributed by atoms with Crippen LogP contribution in [0.3, 0.4) is 0 Å². The molecule has 2 nitrogen and oxygen atoms in total. The molecule has 1 heterocycles. The van der Waals surface area contributed by atoms with Crippen molar-refractivity contribution in [2.75, 3.05) is 6.61 Å².